The summed E-state index contributed by atoms with van der Waals surface area (Å²) in [7, 11) is -2.62. The van der Waals surface area contributed by atoms with Gasteiger partial charge in [0.15, 0.2) is 0 Å². The van der Waals surface area contributed by atoms with E-state index in [1.54, 1.807) is 38.1 Å². The van der Waals surface area contributed by atoms with E-state index in [1.807, 2.05) is 0 Å². The monoisotopic (exact) mass is 417 g/mol. The second-order valence-electron chi connectivity index (χ2n) is 6.64. The van der Waals surface area contributed by atoms with Gasteiger partial charge >= 0.3 is 0 Å². The number of sulfonamides is 1. The maximum absolute atomic E-state index is 14.1. The van der Waals surface area contributed by atoms with Crippen molar-refractivity contribution in [1.82, 2.24) is 0 Å². The quantitative estimate of drug-likeness (QED) is 0.551. The Morgan fingerprint density at radius 3 is 2.28 bits per heavy atom. The van der Waals surface area contributed by atoms with Gasteiger partial charge in [0, 0.05) is 0 Å². The summed E-state index contributed by atoms with van der Waals surface area (Å²) in [5.41, 5.74) is 1.28. The van der Waals surface area contributed by atoms with Crippen LogP contribution in [-0.4, -0.2) is 15.5 Å². The van der Waals surface area contributed by atoms with E-state index in [0.29, 0.717) is 16.9 Å². The Labute approximate surface area is 169 Å². The maximum Gasteiger partial charge on any atom is 0.264 e. The van der Waals surface area contributed by atoms with Crippen LogP contribution in [0.5, 0.6) is 5.75 Å². The molecule has 0 amide bonds. The van der Waals surface area contributed by atoms with Gasteiger partial charge in [0.05, 0.1) is 23.7 Å². The first kappa shape index (κ1) is 20.8. The van der Waals surface area contributed by atoms with E-state index in [-0.39, 0.29) is 10.6 Å². The van der Waals surface area contributed by atoms with Crippen LogP contribution in [0.4, 0.5) is 14.5 Å². The van der Waals surface area contributed by atoms with E-state index in [9.17, 15) is 17.2 Å². The molecule has 1 atom stereocenters. The molecule has 3 aromatic rings. The van der Waals surface area contributed by atoms with E-state index in [4.69, 9.17) is 4.74 Å². The number of benzene rings is 3. The van der Waals surface area contributed by atoms with E-state index < -0.39 is 27.7 Å². The molecule has 0 aliphatic heterocycles. The van der Waals surface area contributed by atoms with E-state index in [1.165, 1.54) is 43.5 Å². The average Bonchev–Trinajstić information content (AvgIpc) is 2.71. The topological polar surface area (TPSA) is 46.6 Å². The molecule has 7 heteroatoms. The minimum Gasteiger partial charge on any atom is -0.497 e. The second kappa shape index (κ2) is 8.21. The summed E-state index contributed by atoms with van der Waals surface area (Å²) in [5.74, 6) is -0.520. The van der Waals surface area contributed by atoms with Gasteiger partial charge in [-0.2, -0.15) is 0 Å². The molecular formula is C22H21F2NO3S. The van der Waals surface area contributed by atoms with Crippen LogP contribution in [0.15, 0.2) is 71.6 Å². The highest BCUT2D eigenvalue weighted by Gasteiger charge is 2.31. The maximum atomic E-state index is 14.1. The summed E-state index contributed by atoms with van der Waals surface area (Å²) in [6.07, 6.45) is 0. The first-order chi connectivity index (χ1) is 13.7. The van der Waals surface area contributed by atoms with Gasteiger partial charge in [-0.15, -0.1) is 0 Å². The predicted octanol–water partition coefficient (Wildman–Crippen LogP) is 5.24. The van der Waals surface area contributed by atoms with Crippen molar-refractivity contribution in [1.29, 1.82) is 0 Å². The van der Waals surface area contributed by atoms with Gasteiger partial charge in [0.2, 0.25) is 0 Å². The fourth-order valence-corrected chi connectivity index (χ4v) is 4.70. The fraction of sp³-hybridized carbons (Fsp3) is 0.182. The van der Waals surface area contributed by atoms with Crippen molar-refractivity contribution >= 4 is 15.7 Å². The highest BCUT2D eigenvalue weighted by atomic mass is 32.2. The predicted molar refractivity (Wildman–Crippen MR) is 109 cm³/mol. The van der Waals surface area contributed by atoms with Crippen molar-refractivity contribution in [2.75, 3.05) is 11.4 Å². The van der Waals surface area contributed by atoms with Gasteiger partial charge in [0.25, 0.3) is 10.0 Å². The van der Waals surface area contributed by atoms with Gasteiger partial charge in [0.1, 0.15) is 17.4 Å². The molecular weight excluding hydrogens is 396 g/mol. The molecule has 0 aliphatic carbocycles. The first-order valence-electron chi connectivity index (χ1n) is 8.94. The lowest BCUT2D eigenvalue weighted by molar-refractivity contribution is 0.414. The molecule has 0 aliphatic rings. The lowest BCUT2D eigenvalue weighted by atomic mass is 10.1. The molecule has 0 fully saturated rings. The van der Waals surface area contributed by atoms with Crippen molar-refractivity contribution in [3.63, 3.8) is 0 Å². The van der Waals surface area contributed by atoms with Crippen LogP contribution in [0.3, 0.4) is 0 Å². The largest absolute Gasteiger partial charge is 0.497 e. The number of hydrogen-bond donors (Lipinski definition) is 0. The molecule has 0 heterocycles. The van der Waals surface area contributed by atoms with Crippen molar-refractivity contribution < 1.29 is 21.9 Å². The van der Waals surface area contributed by atoms with Crippen molar-refractivity contribution in [3.8, 4) is 5.75 Å². The number of aryl methyl sites for hydroxylation is 1. The summed E-state index contributed by atoms with van der Waals surface area (Å²) in [6.45, 7) is 3.27. The average molecular weight is 417 g/mol. The smallest absolute Gasteiger partial charge is 0.264 e. The molecule has 0 bridgehead atoms. The van der Waals surface area contributed by atoms with Gasteiger partial charge in [-0.1, -0.05) is 18.2 Å². The normalized spacial score (nSPS) is 12.4. The van der Waals surface area contributed by atoms with Crippen LogP contribution in [0.2, 0.25) is 0 Å². The number of methoxy groups -OCH3 is 1. The van der Waals surface area contributed by atoms with Gasteiger partial charge in [-0.3, -0.25) is 4.31 Å². The van der Waals surface area contributed by atoms with Crippen LogP contribution in [0, 0.1) is 18.6 Å². The summed E-state index contributed by atoms with van der Waals surface area (Å²) >= 11 is 0. The zero-order valence-electron chi connectivity index (χ0n) is 16.3. The minimum absolute atomic E-state index is 0.181. The Morgan fingerprint density at radius 2 is 1.66 bits per heavy atom. The Kier molecular flexibility index (Phi) is 5.88. The molecule has 0 spiro atoms. The SMILES string of the molecule is COc1cccc([C@H](C)N(c2ccc(F)cc2)S(=O)(=O)c2ccc(C)c(F)c2)c1. The summed E-state index contributed by atoms with van der Waals surface area (Å²) in [6, 6.07) is 15.3. The zero-order valence-corrected chi connectivity index (χ0v) is 17.1. The number of hydrogen-bond acceptors (Lipinski definition) is 3. The van der Waals surface area contributed by atoms with Crippen LogP contribution in [0.25, 0.3) is 0 Å². The third-order valence-corrected chi connectivity index (χ3v) is 6.60. The van der Waals surface area contributed by atoms with E-state index in [2.05, 4.69) is 0 Å². The minimum atomic E-state index is -4.14. The molecule has 3 rings (SSSR count). The standard InChI is InChI=1S/C22H21F2NO3S/c1-15-7-12-21(14-22(15)24)29(26,27)25(19-10-8-18(23)9-11-19)16(2)17-5-4-6-20(13-17)28-3/h4-14,16H,1-3H3/t16-/m0/s1. The molecule has 29 heavy (non-hydrogen) atoms. The molecule has 0 aromatic heterocycles. The molecule has 0 unspecified atom stereocenters. The Balaban J connectivity index is 2.16. The molecule has 0 N–H and O–H groups in total. The lowest BCUT2D eigenvalue weighted by Crippen LogP contribution is -2.33. The van der Waals surface area contributed by atoms with Gasteiger partial charge in [-0.05, 0) is 73.5 Å². The fourth-order valence-electron chi connectivity index (χ4n) is 3.04. The first-order valence-corrected chi connectivity index (χ1v) is 10.4. The van der Waals surface area contributed by atoms with Gasteiger partial charge in [-0.25, -0.2) is 17.2 Å². The van der Waals surface area contributed by atoms with Crippen molar-refractivity contribution in [2.24, 2.45) is 0 Å². The highest BCUT2D eigenvalue weighted by molar-refractivity contribution is 7.92. The number of rotatable bonds is 6. The summed E-state index contributed by atoms with van der Waals surface area (Å²) in [5, 5.41) is 0. The van der Waals surface area contributed by atoms with E-state index >= 15 is 0 Å². The molecule has 4 nitrogen and oxygen atoms in total. The van der Waals surface area contributed by atoms with Crippen molar-refractivity contribution in [2.45, 2.75) is 24.8 Å². The lowest BCUT2D eigenvalue weighted by Gasteiger charge is -2.31. The Hall–Kier alpha value is -2.93. The van der Waals surface area contributed by atoms with E-state index in [0.717, 1.165) is 10.4 Å². The number of halogens is 2. The molecule has 3 aromatic carbocycles. The third-order valence-electron chi connectivity index (χ3n) is 4.71. The third kappa shape index (κ3) is 4.24. The second-order valence-corrected chi connectivity index (χ2v) is 8.46. The molecule has 152 valence electrons. The molecule has 0 saturated carbocycles. The number of ether oxygens (including phenoxy) is 1. The van der Waals surface area contributed by atoms with Gasteiger partial charge < -0.3 is 4.74 Å². The Bertz CT molecular complexity index is 1120. The Morgan fingerprint density at radius 1 is 0.966 bits per heavy atom. The summed E-state index contributed by atoms with van der Waals surface area (Å²) < 4.78 is 60.9. The highest BCUT2D eigenvalue weighted by Crippen LogP contribution is 2.34. The summed E-state index contributed by atoms with van der Waals surface area (Å²) in [4.78, 5) is -0.181. The molecule has 0 saturated heterocycles. The van der Waals surface area contributed by atoms with Crippen LogP contribution in [-0.2, 0) is 10.0 Å². The van der Waals surface area contributed by atoms with Crippen molar-refractivity contribution in [3.05, 3.63) is 89.5 Å². The van der Waals surface area contributed by atoms with Crippen LogP contribution >= 0.6 is 0 Å². The zero-order chi connectivity index (χ0) is 21.2. The number of anilines is 1. The number of nitrogens with zero attached hydrogens (tertiary/aromatic N) is 1. The molecule has 0 radical (unpaired) electrons. The van der Waals surface area contributed by atoms with Crippen LogP contribution < -0.4 is 9.04 Å². The van der Waals surface area contributed by atoms with Crippen LogP contribution in [0.1, 0.15) is 24.1 Å².